The van der Waals surface area contributed by atoms with Crippen molar-refractivity contribution in [1.82, 2.24) is 14.6 Å². The molecule has 1 unspecified atom stereocenters. The normalized spacial score (nSPS) is 33.8. The molecule has 4 heterocycles. The van der Waals surface area contributed by atoms with Crippen molar-refractivity contribution in [3.05, 3.63) is 87.7 Å². The molecule has 2 N–H and O–H groups in total. The number of nitrogens with one attached hydrogen (secondary N) is 1. The van der Waals surface area contributed by atoms with Gasteiger partial charge in [-0.25, -0.2) is 4.21 Å². The van der Waals surface area contributed by atoms with Gasteiger partial charge in [-0.05, 0) is 141 Å². The third-order valence-electron chi connectivity index (χ3n) is 13.4. The highest BCUT2D eigenvalue weighted by molar-refractivity contribution is 7.99. The molecule has 2 bridgehead atoms. The summed E-state index contributed by atoms with van der Waals surface area (Å²) < 4.78 is 23.6. The number of halogens is 1. The molecule has 2 aliphatic carbocycles. The Morgan fingerprint density at radius 2 is 1.92 bits per heavy atom. The summed E-state index contributed by atoms with van der Waals surface area (Å²) >= 11 is 6.50. The minimum absolute atomic E-state index is 0.0490. The van der Waals surface area contributed by atoms with Crippen molar-refractivity contribution in [1.29, 1.82) is 0 Å². The molecule has 3 aliphatic heterocycles. The van der Waals surface area contributed by atoms with E-state index in [9.17, 15) is 14.1 Å². The van der Waals surface area contributed by atoms with Gasteiger partial charge in [0.15, 0.2) is 0 Å². The van der Waals surface area contributed by atoms with Gasteiger partial charge in [0.05, 0.1) is 27.6 Å². The third kappa shape index (κ3) is 6.76. The van der Waals surface area contributed by atoms with Crippen LogP contribution >= 0.6 is 11.6 Å². The maximum absolute atomic E-state index is 14.0. The summed E-state index contributed by atoms with van der Waals surface area (Å²) in [5, 5.41) is 13.4. The van der Waals surface area contributed by atoms with Crippen LogP contribution in [0.2, 0.25) is 5.02 Å². The Labute approximate surface area is 314 Å². The van der Waals surface area contributed by atoms with Gasteiger partial charge < -0.3 is 14.7 Å². The van der Waals surface area contributed by atoms with E-state index < -0.39 is 15.3 Å². The number of hydrogen-bond acceptors (Lipinski definition) is 7. The van der Waals surface area contributed by atoms with Crippen molar-refractivity contribution in [2.24, 2.45) is 17.8 Å². The quantitative estimate of drug-likeness (QED) is 0.286. The number of carbonyl (C=O) groups is 1. The van der Waals surface area contributed by atoms with E-state index in [1.807, 2.05) is 37.5 Å². The van der Waals surface area contributed by atoms with Gasteiger partial charge in [-0.3, -0.25) is 19.4 Å². The predicted molar refractivity (Wildman–Crippen MR) is 210 cm³/mol. The van der Waals surface area contributed by atoms with Crippen molar-refractivity contribution >= 4 is 38.8 Å². The molecule has 0 saturated heterocycles. The van der Waals surface area contributed by atoms with Crippen molar-refractivity contribution in [2.45, 2.75) is 94.4 Å². The van der Waals surface area contributed by atoms with Crippen LogP contribution in [0.5, 0.6) is 5.75 Å². The monoisotopic (exact) mass is 744 g/mol. The lowest BCUT2D eigenvalue weighted by atomic mass is 9.62. The van der Waals surface area contributed by atoms with E-state index >= 15 is 0 Å². The summed E-state index contributed by atoms with van der Waals surface area (Å²) in [5.74, 6) is 4.89. The number of fused-ring (bicyclic) bond motifs is 5. The molecule has 3 aromatic rings. The summed E-state index contributed by atoms with van der Waals surface area (Å²) in [7, 11) is -2.96. The number of anilines is 1. The molecule has 1 amide bonds. The van der Waals surface area contributed by atoms with Crippen molar-refractivity contribution < 1.29 is 18.8 Å². The fourth-order valence-electron chi connectivity index (χ4n) is 10.0. The summed E-state index contributed by atoms with van der Waals surface area (Å²) in [5.41, 5.74) is 5.38. The number of aromatic nitrogens is 1. The number of rotatable bonds is 2. The fourth-order valence-corrected chi connectivity index (χ4v) is 11.7. The molecule has 1 spiro atoms. The number of aliphatic hydroxyl groups is 1. The molecule has 8 nitrogen and oxygen atoms in total. The lowest BCUT2D eigenvalue weighted by Gasteiger charge is -2.51. The van der Waals surface area contributed by atoms with E-state index in [2.05, 4.69) is 50.5 Å². The molecule has 10 heteroatoms. The number of hydrogen-bond donors (Lipinski definition) is 2. The number of pyridine rings is 1. The topological polar surface area (TPSA) is 95.0 Å². The van der Waals surface area contributed by atoms with Crippen LogP contribution in [0.1, 0.15) is 91.4 Å². The Morgan fingerprint density at radius 3 is 2.75 bits per heavy atom. The van der Waals surface area contributed by atoms with Gasteiger partial charge >= 0.3 is 0 Å². The van der Waals surface area contributed by atoms with Crippen molar-refractivity contribution in [3.8, 4) is 5.75 Å². The van der Waals surface area contributed by atoms with E-state index in [0.29, 0.717) is 25.1 Å². The van der Waals surface area contributed by atoms with Crippen molar-refractivity contribution in [3.63, 3.8) is 0 Å². The standard InChI is InChI=1S/C42H53ClN4O4S/c1-28-6-4-17-42(49,26-46-19-15-30-14-18-44-22-34(30)23-46)37-11-8-33(37)24-47-25-41(16-5-7-31-20-35(43)10-12-36(31)41)27-51-39-13-9-32(21-38(39)47)40(48)45-52(3,50)29(28)2/h9-10,12-14,18,20-22,28-29,33,37,49H,3-8,11,15-17,19,23-27H2,1-2H3,(H,45,48,50)/t28-,29+,33-,37+,41-,42-,52?/m0/s1. The van der Waals surface area contributed by atoms with Crippen LogP contribution in [0.4, 0.5) is 5.69 Å². The Bertz CT molecular complexity index is 1960. The summed E-state index contributed by atoms with van der Waals surface area (Å²) in [6.45, 7) is 8.37. The lowest BCUT2D eigenvalue weighted by Crippen LogP contribution is -2.57. The Hall–Kier alpha value is -3.11. The average Bonchev–Trinajstić information content (AvgIpc) is 3.25. The first-order valence-corrected chi connectivity index (χ1v) is 21.5. The number of aryl methyl sites for hydroxylation is 1. The minimum atomic E-state index is -2.96. The van der Waals surface area contributed by atoms with Crippen LogP contribution < -0.4 is 14.4 Å². The first kappa shape index (κ1) is 35.9. The van der Waals surface area contributed by atoms with Gasteiger partial charge in [-0.15, -0.1) is 0 Å². The van der Waals surface area contributed by atoms with Crippen LogP contribution in [-0.4, -0.2) is 74.6 Å². The second-order valence-corrected chi connectivity index (χ2v) is 19.5. The molecule has 7 atom stereocenters. The second-order valence-electron chi connectivity index (χ2n) is 16.7. The maximum Gasteiger partial charge on any atom is 0.262 e. The van der Waals surface area contributed by atoms with Gasteiger partial charge in [0.2, 0.25) is 0 Å². The average molecular weight is 745 g/mol. The Morgan fingerprint density at radius 1 is 1.06 bits per heavy atom. The molecule has 1 saturated carbocycles. The summed E-state index contributed by atoms with van der Waals surface area (Å²) in [4.78, 5) is 23.1. The van der Waals surface area contributed by atoms with E-state index in [-0.39, 0.29) is 34.3 Å². The SMILES string of the molecule is C=S1(=O)NC(=O)c2ccc3c(c2)N(C[C@@H]2CC[C@H]2[C@@](O)(CN2CCc4ccncc4C2)CCC[C@H](C)[C@H]1C)C[C@@]1(CCCc2cc(Cl)ccc21)CO3. The van der Waals surface area contributed by atoms with Crippen LogP contribution in [0, 0.1) is 17.8 Å². The first-order chi connectivity index (χ1) is 24.9. The molecule has 1 aromatic heterocycles. The number of carbonyl (C=O) groups excluding carboxylic acids is 1. The van der Waals surface area contributed by atoms with Gasteiger partial charge in [-0.1, -0.05) is 31.0 Å². The molecule has 8 rings (SSSR count). The molecular formula is C42H53ClN4O4S. The van der Waals surface area contributed by atoms with Crippen molar-refractivity contribution in [2.75, 3.05) is 37.7 Å². The summed E-state index contributed by atoms with van der Waals surface area (Å²) in [6, 6.07) is 14.0. The fraction of sp³-hybridized carbons (Fsp3) is 0.548. The molecule has 278 valence electrons. The van der Waals surface area contributed by atoms with Gasteiger partial charge in [0, 0.05) is 66.4 Å². The zero-order valence-electron chi connectivity index (χ0n) is 30.6. The number of ether oxygens (including phenoxy) is 1. The molecule has 0 radical (unpaired) electrons. The Balaban J connectivity index is 1.17. The summed E-state index contributed by atoms with van der Waals surface area (Å²) in [6.07, 6.45) is 12.2. The number of β-amino-alcohol motifs (C(OH)–C–C–N with tert-alkyl or cyclic N) is 1. The zero-order valence-corrected chi connectivity index (χ0v) is 32.2. The Kier molecular flexibility index (Phi) is 9.63. The van der Waals surface area contributed by atoms with Gasteiger partial charge in [0.25, 0.3) is 5.91 Å². The second kappa shape index (κ2) is 13.9. The predicted octanol–water partition coefficient (Wildman–Crippen LogP) is 6.59. The number of amides is 1. The molecular weight excluding hydrogens is 692 g/mol. The molecule has 2 aromatic carbocycles. The molecule has 5 aliphatic rings. The zero-order chi connectivity index (χ0) is 36.3. The highest BCUT2D eigenvalue weighted by Crippen LogP contribution is 2.49. The maximum atomic E-state index is 14.0. The van der Waals surface area contributed by atoms with Gasteiger partial charge in [0.1, 0.15) is 5.75 Å². The van der Waals surface area contributed by atoms with E-state index in [1.165, 1.54) is 22.3 Å². The van der Waals surface area contributed by atoms with Crippen LogP contribution in [-0.2, 0) is 34.5 Å². The number of nitrogens with zero attached hydrogens (tertiary/aromatic N) is 3. The molecule has 52 heavy (non-hydrogen) atoms. The lowest BCUT2D eigenvalue weighted by molar-refractivity contribution is -0.107. The van der Waals surface area contributed by atoms with Gasteiger partial charge in [-0.2, -0.15) is 0 Å². The van der Waals surface area contributed by atoms with Crippen LogP contribution in [0.3, 0.4) is 0 Å². The van der Waals surface area contributed by atoms with E-state index in [4.69, 9.17) is 16.3 Å². The van der Waals surface area contributed by atoms with Crippen LogP contribution in [0.25, 0.3) is 0 Å². The largest absolute Gasteiger partial charge is 0.490 e. The molecule has 1 fully saturated rings. The highest BCUT2D eigenvalue weighted by atomic mass is 35.5. The minimum Gasteiger partial charge on any atom is -0.490 e. The van der Waals surface area contributed by atoms with Crippen LogP contribution in [0.15, 0.2) is 54.9 Å². The van der Waals surface area contributed by atoms with E-state index in [1.54, 1.807) is 6.07 Å². The van der Waals surface area contributed by atoms with E-state index in [0.717, 1.165) is 94.0 Å². The number of benzene rings is 2. The third-order valence-corrected chi connectivity index (χ3v) is 15.8. The first-order valence-electron chi connectivity index (χ1n) is 19.3. The highest BCUT2D eigenvalue weighted by Gasteiger charge is 2.49. The smallest absolute Gasteiger partial charge is 0.262 e.